The normalized spacial score (nSPS) is 17.7. The van der Waals surface area contributed by atoms with Gasteiger partial charge in [-0.25, -0.2) is 4.98 Å². The number of fused-ring (bicyclic) bond motifs is 1. The number of halogens is 1. The van der Waals surface area contributed by atoms with Crippen LogP contribution in [0.2, 0.25) is 5.02 Å². The van der Waals surface area contributed by atoms with Crippen molar-refractivity contribution in [1.29, 1.82) is 0 Å². The molecule has 4 rings (SSSR count). The van der Waals surface area contributed by atoms with E-state index in [9.17, 15) is 4.79 Å². The molecule has 0 unspecified atom stereocenters. The van der Waals surface area contributed by atoms with Crippen LogP contribution in [0.1, 0.15) is 32.5 Å². The number of likely N-dealkylation sites (tertiary alicyclic amines) is 1. The second-order valence-electron chi connectivity index (χ2n) is 7.94. The Morgan fingerprint density at radius 3 is 2.59 bits per heavy atom. The van der Waals surface area contributed by atoms with Gasteiger partial charge in [0, 0.05) is 24.5 Å². The summed E-state index contributed by atoms with van der Waals surface area (Å²) < 4.78 is 1.93. The van der Waals surface area contributed by atoms with E-state index in [-0.39, 0.29) is 5.56 Å². The van der Waals surface area contributed by atoms with Gasteiger partial charge in [-0.1, -0.05) is 43.6 Å². The number of benzene rings is 2. The summed E-state index contributed by atoms with van der Waals surface area (Å²) in [5.74, 6) is 1.39. The first-order valence-corrected chi connectivity index (χ1v) is 11.0. The van der Waals surface area contributed by atoms with E-state index in [1.54, 1.807) is 0 Å². The maximum absolute atomic E-state index is 13.5. The molecule has 0 spiro atoms. The van der Waals surface area contributed by atoms with Crippen LogP contribution in [0.3, 0.4) is 0 Å². The molecule has 1 aliphatic heterocycles. The van der Waals surface area contributed by atoms with E-state index in [1.807, 2.05) is 47.0 Å². The van der Waals surface area contributed by atoms with Gasteiger partial charge in [-0.3, -0.25) is 9.36 Å². The molecule has 1 saturated heterocycles. The van der Waals surface area contributed by atoms with Gasteiger partial charge in [-0.05, 0) is 67.2 Å². The summed E-state index contributed by atoms with van der Waals surface area (Å²) in [6.07, 6.45) is 3.14. The molecule has 1 aliphatic rings. The van der Waals surface area contributed by atoms with E-state index < -0.39 is 0 Å². The average molecular weight is 410 g/mol. The molecular weight excluding hydrogens is 382 g/mol. The Morgan fingerprint density at radius 2 is 1.86 bits per heavy atom. The summed E-state index contributed by atoms with van der Waals surface area (Å²) >= 11 is 6.02. The third-order valence-electron chi connectivity index (χ3n) is 6.02. The molecule has 1 atom stereocenters. The highest BCUT2D eigenvalue weighted by Crippen LogP contribution is 2.25. The maximum Gasteiger partial charge on any atom is 0.261 e. The molecule has 2 aromatic carbocycles. The van der Waals surface area contributed by atoms with Crippen LogP contribution in [-0.4, -0.2) is 34.1 Å². The van der Waals surface area contributed by atoms with Crippen molar-refractivity contribution in [2.24, 2.45) is 5.92 Å². The van der Waals surface area contributed by atoms with Gasteiger partial charge in [0.25, 0.3) is 5.56 Å². The maximum atomic E-state index is 13.5. The van der Waals surface area contributed by atoms with Crippen molar-refractivity contribution in [3.05, 3.63) is 63.7 Å². The van der Waals surface area contributed by atoms with Crippen LogP contribution in [0.4, 0.5) is 0 Å². The predicted octanol–water partition coefficient (Wildman–Crippen LogP) is 5.01. The van der Waals surface area contributed by atoms with Crippen LogP contribution in [0, 0.1) is 5.92 Å². The van der Waals surface area contributed by atoms with Crippen molar-refractivity contribution >= 4 is 22.5 Å². The van der Waals surface area contributed by atoms with E-state index in [0.29, 0.717) is 16.3 Å². The number of rotatable bonds is 5. The average Bonchev–Trinajstić information content (AvgIpc) is 2.76. The summed E-state index contributed by atoms with van der Waals surface area (Å²) in [6.45, 7) is 8.35. The van der Waals surface area contributed by atoms with E-state index in [1.165, 1.54) is 19.4 Å². The Bertz CT molecular complexity index is 1060. The molecular formula is C24H28ClN3O. The molecule has 0 bridgehead atoms. The quantitative estimate of drug-likeness (QED) is 0.594. The third kappa shape index (κ3) is 4.24. The van der Waals surface area contributed by atoms with Crippen molar-refractivity contribution in [3.63, 3.8) is 0 Å². The standard InChI is InChI=1S/C24H28ClN3O/c1-3-23-26-22-12-9-19(18-7-10-20(25)11-8-18)14-21(22)24(29)28(23)16-17-6-5-13-27(4-2)15-17/h7-12,14,17H,3-6,13,15-16H2,1-2H3/t17-/m0/s1. The Morgan fingerprint density at radius 1 is 1.10 bits per heavy atom. The van der Waals surface area contributed by atoms with Crippen molar-refractivity contribution in [1.82, 2.24) is 14.5 Å². The Balaban J connectivity index is 1.74. The van der Waals surface area contributed by atoms with Gasteiger partial charge < -0.3 is 4.90 Å². The number of aromatic nitrogens is 2. The van der Waals surface area contributed by atoms with Gasteiger partial charge in [-0.15, -0.1) is 0 Å². The molecule has 2 heterocycles. The Hall–Kier alpha value is -2.17. The molecule has 4 nitrogen and oxygen atoms in total. The van der Waals surface area contributed by atoms with Crippen molar-refractivity contribution < 1.29 is 0 Å². The van der Waals surface area contributed by atoms with Crippen LogP contribution >= 0.6 is 11.6 Å². The SMILES string of the molecule is CCc1nc2ccc(-c3ccc(Cl)cc3)cc2c(=O)n1C[C@H]1CCCN(CC)C1. The smallest absolute Gasteiger partial charge is 0.261 e. The first-order chi connectivity index (χ1) is 14.1. The molecule has 0 amide bonds. The Kier molecular flexibility index (Phi) is 6.02. The highest BCUT2D eigenvalue weighted by atomic mass is 35.5. The minimum atomic E-state index is 0.0799. The van der Waals surface area contributed by atoms with E-state index >= 15 is 0 Å². The number of aryl methyl sites for hydroxylation is 1. The summed E-state index contributed by atoms with van der Waals surface area (Å²) in [5, 5.41) is 1.40. The molecule has 1 fully saturated rings. The fourth-order valence-electron chi connectivity index (χ4n) is 4.39. The topological polar surface area (TPSA) is 38.1 Å². The van der Waals surface area contributed by atoms with Crippen LogP contribution in [0.5, 0.6) is 0 Å². The van der Waals surface area contributed by atoms with Gasteiger partial charge in [0.1, 0.15) is 5.82 Å². The monoisotopic (exact) mass is 409 g/mol. The van der Waals surface area contributed by atoms with Crippen molar-refractivity contribution in [2.75, 3.05) is 19.6 Å². The van der Waals surface area contributed by atoms with Crippen LogP contribution in [0.25, 0.3) is 22.0 Å². The lowest BCUT2D eigenvalue weighted by atomic mass is 9.97. The van der Waals surface area contributed by atoms with Gasteiger partial charge >= 0.3 is 0 Å². The molecule has 0 saturated carbocycles. The lowest BCUT2D eigenvalue weighted by Crippen LogP contribution is -2.39. The lowest BCUT2D eigenvalue weighted by molar-refractivity contribution is 0.168. The summed E-state index contributed by atoms with van der Waals surface area (Å²) in [6, 6.07) is 13.7. The fraction of sp³-hybridized carbons (Fsp3) is 0.417. The number of hydrogen-bond donors (Lipinski definition) is 0. The molecule has 5 heteroatoms. The lowest BCUT2D eigenvalue weighted by Gasteiger charge is -2.32. The van der Waals surface area contributed by atoms with E-state index in [2.05, 4.69) is 18.7 Å². The van der Waals surface area contributed by atoms with Gasteiger partial charge in [0.05, 0.1) is 10.9 Å². The fourth-order valence-corrected chi connectivity index (χ4v) is 4.52. The molecule has 3 aromatic rings. The zero-order valence-electron chi connectivity index (χ0n) is 17.2. The molecule has 0 N–H and O–H groups in total. The second-order valence-corrected chi connectivity index (χ2v) is 8.37. The molecule has 0 radical (unpaired) electrons. The van der Waals surface area contributed by atoms with Gasteiger partial charge in [0.15, 0.2) is 0 Å². The van der Waals surface area contributed by atoms with Gasteiger partial charge in [-0.2, -0.15) is 0 Å². The Labute approximate surface area is 177 Å². The van der Waals surface area contributed by atoms with Crippen LogP contribution in [-0.2, 0) is 13.0 Å². The molecule has 152 valence electrons. The first kappa shape index (κ1) is 20.1. The van der Waals surface area contributed by atoms with E-state index in [4.69, 9.17) is 16.6 Å². The zero-order chi connectivity index (χ0) is 20.4. The third-order valence-corrected chi connectivity index (χ3v) is 6.27. The zero-order valence-corrected chi connectivity index (χ0v) is 18.0. The van der Waals surface area contributed by atoms with Crippen LogP contribution in [0.15, 0.2) is 47.3 Å². The largest absolute Gasteiger partial charge is 0.303 e. The second kappa shape index (κ2) is 8.68. The number of nitrogens with zero attached hydrogens (tertiary/aromatic N) is 3. The molecule has 29 heavy (non-hydrogen) atoms. The first-order valence-electron chi connectivity index (χ1n) is 10.6. The number of hydrogen-bond acceptors (Lipinski definition) is 3. The summed E-state index contributed by atoms with van der Waals surface area (Å²) in [4.78, 5) is 20.8. The van der Waals surface area contributed by atoms with Gasteiger partial charge in [0.2, 0.25) is 0 Å². The molecule has 0 aliphatic carbocycles. The predicted molar refractivity (Wildman–Crippen MR) is 121 cm³/mol. The minimum Gasteiger partial charge on any atom is -0.303 e. The minimum absolute atomic E-state index is 0.0799. The number of piperidine rings is 1. The summed E-state index contributed by atoms with van der Waals surface area (Å²) in [5.41, 5.74) is 2.92. The van der Waals surface area contributed by atoms with Crippen molar-refractivity contribution in [2.45, 2.75) is 39.7 Å². The highest BCUT2D eigenvalue weighted by Gasteiger charge is 2.21. The summed E-state index contributed by atoms with van der Waals surface area (Å²) in [7, 11) is 0. The molecule has 1 aromatic heterocycles. The van der Waals surface area contributed by atoms with Crippen molar-refractivity contribution in [3.8, 4) is 11.1 Å². The van der Waals surface area contributed by atoms with Crippen LogP contribution < -0.4 is 5.56 Å². The van der Waals surface area contributed by atoms with E-state index in [0.717, 1.165) is 48.5 Å². The highest BCUT2D eigenvalue weighted by molar-refractivity contribution is 6.30.